The Bertz CT molecular complexity index is 160. The van der Waals surface area contributed by atoms with E-state index in [1.807, 2.05) is 30.3 Å². The molecule has 2 heteroatoms. The van der Waals surface area contributed by atoms with Gasteiger partial charge in [0.2, 0.25) is 0 Å². The van der Waals surface area contributed by atoms with Crippen LogP contribution in [0.25, 0.3) is 0 Å². The van der Waals surface area contributed by atoms with Gasteiger partial charge in [0, 0.05) is 0 Å². The first-order valence-electron chi connectivity index (χ1n) is 2.76. The third kappa shape index (κ3) is 1.83. The van der Waals surface area contributed by atoms with Crippen molar-refractivity contribution in [2.24, 2.45) is 0 Å². The van der Waals surface area contributed by atoms with Gasteiger partial charge < -0.3 is 0 Å². The lowest BCUT2D eigenvalue weighted by Gasteiger charge is -1.90. The molecule has 1 aromatic carbocycles. The van der Waals surface area contributed by atoms with Gasteiger partial charge >= 0.3 is 0 Å². The van der Waals surface area contributed by atoms with Crippen molar-refractivity contribution in [3.05, 3.63) is 35.9 Å². The Morgan fingerprint density at radius 1 is 1.22 bits per heavy atom. The Kier molecular flexibility index (Phi) is 2.24. The van der Waals surface area contributed by atoms with Gasteiger partial charge in [-0.3, -0.25) is 5.26 Å². The van der Waals surface area contributed by atoms with Gasteiger partial charge in [-0.25, -0.2) is 0 Å². The van der Waals surface area contributed by atoms with E-state index in [0.717, 1.165) is 5.56 Å². The molecule has 2 N–H and O–H groups in total. The summed E-state index contributed by atoms with van der Waals surface area (Å²) in [6.45, 7) is 0.376. The number of hydrogen-bond donors (Lipinski definition) is 0. The van der Waals surface area contributed by atoms with Gasteiger partial charge in [-0.2, -0.15) is 0 Å². The largest absolute Gasteiger partial charge is 0.260 e. The zero-order valence-corrected chi connectivity index (χ0v) is 5.00. The van der Waals surface area contributed by atoms with Crippen LogP contribution in [0.1, 0.15) is 5.56 Å². The van der Waals surface area contributed by atoms with E-state index in [1.54, 1.807) is 0 Å². The Balaban J connectivity index is 2.61. The minimum absolute atomic E-state index is 0.376. The fraction of sp³-hybridized carbons (Fsp3) is 0.143. The fourth-order valence-electron chi connectivity index (χ4n) is 0.658. The van der Waals surface area contributed by atoms with Crippen molar-refractivity contribution < 1.29 is 10.1 Å². The highest BCUT2D eigenvalue weighted by atomic mass is 17.1. The summed E-state index contributed by atoms with van der Waals surface area (Å²) in [5.74, 6) is 0. The van der Waals surface area contributed by atoms with Crippen LogP contribution in [-0.4, -0.2) is 5.26 Å². The van der Waals surface area contributed by atoms with Gasteiger partial charge in [0.1, 0.15) is 0 Å². The summed E-state index contributed by atoms with van der Waals surface area (Å²) in [7, 11) is 0. The Labute approximate surface area is 53.6 Å². The molecule has 0 aliphatic carbocycles. The lowest BCUT2D eigenvalue weighted by atomic mass is 10.2. The maximum atomic E-state index is 6.44. The zero-order chi connectivity index (χ0) is 6.53. The predicted octanol–water partition coefficient (Wildman–Crippen LogP) is 0.843. The molecule has 0 unspecified atom stereocenters. The van der Waals surface area contributed by atoms with Crippen LogP contribution >= 0.6 is 0 Å². The van der Waals surface area contributed by atoms with E-state index in [0.29, 0.717) is 6.61 Å². The molecule has 0 saturated carbocycles. The highest BCUT2D eigenvalue weighted by molar-refractivity contribution is 5.13. The summed E-state index contributed by atoms with van der Waals surface area (Å²) in [5, 5.41) is 6.44. The van der Waals surface area contributed by atoms with Gasteiger partial charge in [-0.15, -0.1) is 4.89 Å². The van der Waals surface area contributed by atoms with E-state index in [2.05, 4.69) is 4.89 Å². The number of hydrogen-bond acceptors (Lipinski definition) is 1. The molecule has 1 rings (SSSR count). The molecule has 0 heterocycles. The zero-order valence-electron chi connectivity index (χ0n) is 5.00. The lowest BCUT2D eigenvalue weighted by molar-refractivity contribution is -0.253. The first-order chi connectivity index (χ1) is 4.43. The van der Waals surface area contributed by atoms with Gasteiger partial charge in [-0.1, -0.05) is 30.3 Å². The lowest BCUT2D eigenvalue weighted by Crippen LogP contribution is -1.84. The molecular formula is C7H9O2+. The van der Waals surface area contributed by atoms with E-state index in [-0.39, 0.29) is 0 Å². The van der Waals surface area contributed by atoms with Crippen LogP contribution < -0.4 is 0 Å². The summed E-state index contributed by atoms with van der Waals surface area (Å²) in [5.41, 5.74) is 1.03. The summed E-state index contributed by atoms with van der Waals surface area (Å²) >= 11 is 0. The van der Waals surface area contributed by atoms with Crippen molar-refractivity contribution in [1.29, 1.82) is 0 Å². The normalized spacial score (nSPS) is 9.44. The van der Waals surface area contributed by atoms with Crippen LogP contribution in [0.5, 0.6) is 0 Å². The molecule has 0 amide bonds. The van der Waals surface area contributed by atoms with Crippen LogP contribution in [0.15, 0.2) is 30.3 Å². The second-order valence-corrected chi connectivity index (χ2v) is 1.77. The smallest absolute Gasteiger partial charge is 0.153 e. The van der Waals surface area contributed by atoms with Gasteiger partial charge in [0.05, 0.1) is 0 Å². The highest BCUT2D eigenvalue weighted by Gasteiger charge is 1.88. The quantitative estimate of drug-likeness (QED) is 0.327. The van der Waals surface area contributed by atoms with E-state index in [9.17, 15) is 0 Å². The first kappa shape index (κ1) is 6.26. The van der Waals surface area contributed by atoms with Crippen molar-refractivity contribution >= 4 is 0 Å². The monoisotopic (exact) mass is 125 g/mol. The second-order valence-electron chi connectivity index (χ2n) is 1.77. The Hall–Kier alpha value is -0.860. The summed E-state index contributed by atoms with van der Waals surface area (Å²) in [6, 6.07) is 9.64. The molecule has 0 fully saturated rings. The summed E-state index contributed by atoms with van der Waals surface area (Å²) in [4.78, 5) is 4.18. The van der Waals surface area contributed by atoms with Gasteiger partial charge in [-0.05, 0) is 5.56 Å². The minimum Gasteiger partial charge on any atom is -0.260 e. The van der Waals surface area contributed by atoms with E-state index in [1.165, 1.54) is 0 Å². The van der Waals surface area contributed by atoms with E-state index >= 15 is 0 Å². The van der Waals surface area contributed by atoms with Gasteiger partial charge in [0.15, 0.2) is 6.61 Å². The molecule has 0 aliphatic rings. The second kappa shape index (κ2) is 3.22. The molecule has 0 radical (unpaired) electrons. The average Bonchev–Trinajstić information content (AvgIpc) is 1.91. The molecule has 9 heavy (non-hydrogen) atoms. The molecule has 0 aromatic heterocycles. The van der Waals surface area contributed by atoms with Crippen LogP contribution in [0.4, 0.5) is 0 Å². The fourth-order valence-corrected chi connectivity index (χ4v) is 0.658. The standard InChI is InChI=1S/C7H8O2/c8-9-6-7-4-2-1-3-5-7/h1-5,8H,6H2/p+1. The predicted molar refractivity (Wildman–Crippen MR) is 34.8 cm³/mol. The summed E-state index contributed by atoms with van der Waals surface area (Å²) < 4.78 is 0. The van der Waals surface area contributed by atoms with Crippen LogP contribution in [0.3, 0.4) is 0 Å². The number of rotatable bonds is 2. The topological polar surface area (TPSA) is 32.1 Å². The molecule has 0 aliphatic heterocycles. The molecule has 2 nitrogen and oxygen atoms in total. The molecule has 0 spiro atoms. The maximum Gasteiger partial charge on any atom is 0.153 e. The van der Waals surface area contributed by atoms with Crippen molar-refractivity contribution in [2.45, 2.75) is 6.61 Å². The summed E-state index contributed by atoms with van der Waals surface area (Å²) in [6.07, 6.45) is 0. The van der Waals surface area contributed by atoms with Crippen molar-refractivity contribution in [3.63, 3.8) is 0 Å². The van der Waals surface area contributed by atoms with Crippen LogP contribution in [0.2, 0.25) is 0 Å². The van der Waals surface area contributed by atoms with Crippen LogP contribution in [0, 0.1) is 0 Å². The average molecular weight is 125 g/mol. The van der Waals surface area contributed by atoms with Crippen molar-refractivity contribution in [2.75, 3.05) is 0 Å². The molecule has 0 bridgehead atoms. The van der Waals surface area contributed by atoms with Crippen molar-refractivity contribution in [3.8, 4) is 0 Å². The first-order valence-corrected chi connectivity index (χ1v) is 2.76. The van der Waals surface area contributed by atoms with Gasteiger partial charge in [0.25, 0.3) is 0 Å². The third-order valence-electron chi connectivity index (χ3n) is 1.08. The van der Waals surface area contributed by atoms with E-state index in [4.69, 9.17) is 5.26 Å². The SMILES string of the molecule is [OH2+]OCc1ccccc1. The number of benzene rings is 1. The Morgan fingerprint density at radius 2 is 1.89 bits per heavy atom. The van der Waals surface area contributed by atoms with Crippen molar-refractivity contribution in [1.82, 2.24) is 0 Å². The molecule has 0 atom stereocenters. The molecule has 0 saturated heterocycles. The highest BCUT2D eigenvalue weighted by Crippen LogP contribution is 1.98. The molecule has 48 valence electrons. The Morgan fingerprint density at radius 3 is 2.44 bits per heavy atom. The van der Waals surface area contributed by atoms with Crippen LogP contribution in [-0.2, 0) is 11.5 Å². The maximum absolute atomic E-state index is 6.44. The molecular weight excluding hydrogens is 116 g/mol. The van der Waals surface area contributed by atoms with E-state index < -0.39 is 0 Å². The third-order valence-corrected chi connectivity index (χ3v) is 1.08. The molecule has 1 aromatic rings. The minimum atomic E-state index is 0.376.